The average molecular weight is 520 g/mol. The Labute approximate surface area is 188 Å². The fraction of sp³-hybridized carbons (Fsp3) is 0.600. The second-order valence-corrected chi connectivity index (χ2v) is 7.27. The van der Waals surface area contributed by atoms with Crippen molar-refractivity contribution in [3.8, 4) is 5.75 Å². The van der Waals surface area contributed by atoms with Crippen molar-refractivity contribution in [1.82, 2.24) is 10.2 Å². The van der Waals surface area contributed by atoms with E-state index in [-0.39, 0.29) is 48.4 Å². The highest BCUT2D eigenvalue weighted by Gasteiger charge is 2.23. The normalized spacial score (nSPS) is 19.0. The van der Waals surface area contributed by atoms with Crippen LogP contribution in [0.25, 0.3) is 0 Å². The molecule has 3 rings (SSSR count). The molecular weight excluding hydrogens is 490 g/mol. The Morgan fingerprint density at radius 3 is 3.03 bits per heavy atom. The molecule has 1 aromatic carbocycles. The molecule has 0 spiro atoms. The highest BCUT2D eigenvalue weighted by Crippen LogP contribution is 2.29. The number of hydrogen-bond acceptors (Lipinski definition) is 4. The fourth-order valence-electron chi connectivity index (χ4n) is 3.86. The molecule has 1 fully saturated rings. The van der Waals surface area contributed by atoms with Gasteiger partial charge in [0.15, 0.2) is 12.8 Å². The lowest BCUT2D eigenvalue weighted by Crippen LogP contribution is -2.47. The molecular formula is C20H30FIN4O3. The van der Waals surface area contributed by atoms with E-state index in [1.807, 2.05) is 6.92 Å². The van der Waals surface area contributed by atoms with Crippen molar-refractivity contribution in [3.63, 3.8) is 0 Å². The standard InChI is InChI=1S/C20H29FN4O3.HI/c1-2-23-20(25-7-3-4-14(11-25)8-18(22)26)24-6-5-15-9-17(21)10-16-12-27-13-28-19(15)16;/h9-10,14H,2-8,11-13H2,1H3,(H2,22,26)(H,23,24);1H. The summed E-state index contributed by atoms with van der Waals surface area (Å²) in [5.74, 6) is 1.26. The summed E-state index contributed by atoms with van der Waals surface area (Å²) in [6.45, 7) is 5.51. The Kier molecular flexibility index (Phi) is 9.41. The van der Waals surface area contributed by atoms with E-state index in [2.05, 4.69) is 10.2 Å². The van der Waals surface area contributed by atoms with Crippen molar-refractivity contribution in [2.24, 2.45) is 16.6 Å². The zero-order valence-electron chi connectivity index (χ0n) is 16.8. The number of halogens is 2. The third kappa shape index (κ3) is 6.70. The number of nitrogens with two attached hydrogens (primary N) is 1. The maximum atomic E-state index is 13.9. The van der Waals surface area contributed by atoms with Crippen LogP contribution in [-0.4, -0.2) is 49.7 Å². The molecule has 0 aromatic heterocycles. The minimum atomic E-state index is -0.288. The van der Waals surface area contributed by atoms with Gasteiger partial charge in [-0.15, -0.1) is 24.0 Å². The first-order valence-corrected chi connectivity index (χ1v) is 9.90. The van der Waals surface area contributed by atoms with E-state index >= 15 is 0 Å². The van der Waals surface area contributed by atoms with Crippen LogP contribution in [0.3, 0.4) is 0 Å². The number of primary amides is 1. The number of nitrogens with one attached hydrogen (secondary N) is 1. The van der Waals surface area contributed by atoms with Gasteiger partial charge in [-0.1, -0.05) is 0 Å². The lowest BCUT2D eigenvalue weighted by atomic mass is 9.95. The molecule has 0 bridgehead atoms. The zero-order chi connectivity index (χ0) is 19.9. The number of carbonyl (C=O) groups excluding carboxylic acids is 1. The first-order chi connectivity index (χ1) is 13.6. The number of carbonyl (C=O) groups is 1. The number of guanidine groups is 1. The van der Waals surface area contributed by atoms with Crippen molar-refractivity contribution < 1.29 is 18.7 Å². The number of hydrogen-bond donors (Lipinski definition) is 2. The van der Waals surface area contributed by atoms with Gasteiger partial charge < -0.3 is 25.4 Å². The summed E-state index contributed by atoms with van der Waals surface area (Å²) in [4.78, 5) is 18.2. The monoisotopic (exact) mass is 520 g/mol. The van der Waals surface area contributed by atoms with E-state index in [4.69, 9.17) is 20.2 Å². The SMILES string of the molecule is CCNC(=NCCc1cc(F)cc2c1OCOC2)N1CCCC(CC(N)=O)C1.I. The second kappa shape index (κ2) is 11.5. The van der Waals surface area contributed by atoms with Crippen LogP contribution in [0.5, 0.6) is 5.75 Å². The van der Waals surface area contributed by atoms with Crippen LogP contribution in [0.2, 0.25) is 0 Å². The highest BCUT2D eigenvalue weighted by atomic mass is 127. The molecule has 2 aliphatic heterocycles. The third-order valence-electron chi connectivity index (χ3n) is 5.04. The van der Waals surface area contributed by atoms with Crippen LogP contribution in [0.1, 0.15) is 37.3 Å². The molecule has 1 unspecified atom stereocenters. The predicted octanol–water partition coefficient (Wildman–Crippen LogP) is 2.41. The number of aliphatic imine (C=N–C) groups is 1. The summed E-state index contributed by atoms with van der Waals surface area (Å²) >= 11 is 0. The van der Waals surface area contributed by atoms with Gasteiger partial charge in [-0.05, 0) is 49.8 Å². The summed E-state index contributed by atoms with van der Waals surface area (Å²) in [6, 6.07) is 2.97. The quantitative estimate of drug-likeness (QED) is 0.342. The predicted molar refractivity (Wildman–Crippen MR) is 120 cm³/mol. The molecule has 1 atom stereocenters. The Bertz CT molecular complexity index is 732. The van der Waals surface area contributed by atoms with Crippen LogP contribution in [0, 0.1) is 11.7 Å². The van der Waals surface area contributed by atoms with Crippen LogP contribution in [0.4, 0.5) is 4.39 Å². The topological polar surface area (TPSA) is 89.2 Å². The summed E-state index contributed by atoms with van der Waals surface area (Å²) in [5, 5.41) is 3.32. The summed E-state index contributed by atoms with van der Waals surface area (Å²) in [6.07, 6.45) is 3.00. The first-order valence-electron chi connectivity index (χ1n) is 9.90. The number of fused-ring (bicyclic) bond motifs is 1. The van der Waals surface area contributed by atoms with Crippen LogP contribution < -0.4 is 15.8 Å². The number of ether oxygens (including phenoxy) is 2. The molecule has 0 aliphatic carbocycles. The number of piperidine rings is 1. The van der Waals surface area contributed by atoms with Crippen molar-refractivity contribution in [1.29, 1.82) is 0 Å². The van der Waals surface area contributed by atoms with Gasteiger partial charge in [-0.2, -0.15) is 0 Å². The van der Waals surface area contributed by atoms with E-state index < -0.39 is 0 Å². The lowest BCUT2D eigenvalue weighted by molar-refractivity contribution is -0.119. The number of benzene rings is 1. The van der Waals surface area contributed by atoms with E-state index in [0.29, 0.717) is 31.7 Å². The molecule has 3 N–H and O–H groups in total. The van der Waals surface area contributed by atoms with E-state index in [1.54, 1.807) is 0 Å². The zero-order valence-corrected chi connectivity index (χ0v) is 19.1. The number of nitrogens with zero attached hydrogens (tertiary/aromatic N) is 2. The third-order valence-corrected chi connectivity index (χ3v) is 5.04. The molecule has 162 valence electrons. The minimum absolute atomic E-state index is 0. The van der Waals surface area contributed by atoms with E-state index in [0.717, 1.165) is 49.6 Å². The minimum Gasteiger partial charge on any atom is -0.467 e. The van der Waals surface area contributed by atoms with Crippen LogP contribution in [-0.2, 0) is 22.6 Å². The van der Waals surface area contributed by atoms with E-state index in [9.17, 15) is 9.18 Å². The van der Waals surface area contributed by atoms with E-state index in [1.165, 1.54) is 12.1 Å². The molecule has 1 saturated heterocycles. The van der Waals surface area contributed by atoms with Gasteiger partial charge in [-0.3, -0.25) is 9.79 Å². The van der Waals surface area contributed by atoms with Crippen LogP contribution in [0.15, 0.2) is 17.1 Å². The Balaban J connectivity index is 0.00000300. The van der Waals surface area contributed by atoms with Gasteiger partial charge >= 0.3 is 0 Å². The number of rotatable bonds is 6. The lowest BCUT2D eigenvalue weighted by Gasteiger charge is -2.34. The molecule has 2 heterocycles. The smallest absolute Gasteiger partial charge is 0.217 e. The summed E-state index contributed by atoms with van der Waals surface area (Å²) in [7, 11) is 0. The van der Waals surface area contributed by atoms with Gasteiger partial charge in [0.05, 0.1) is 6.61 Å². The molecule has 29 heavy (non-hydrogen) atoms. The Hall–Kier alpha value is -1.62. The van der Waals surface area contributed by atoms with Crippen molar-refractivity contribution in [2.75, 3.05) is 33.0 Å². The molecule has 7 nitrogen and oxygen atoms in total. The largest absolute Gasteiger partial charge is 0.467 e. The average Bonchev–Trinajstić information content (AvgIpc) is 2.67. The second-order valence-electron chi connectivity index (χ2n) is 7.27. The summed E-state index contributed by atoms with van der Waals surface area (Å²) < 4.78 is 24.7. The van der Waals surface area contributed by atoms with Crippen LogP contribution >= 0.6 is 24.0 Å². The molecule has 9 heteroatoms. The molecule has 0 radical (unpaired) electrons. The molecule has 2 aliphatic rings. The van der Waals surface area contributed by atoms with Gasteiger partial charge in [0.2, 0.25) is 5.91 Å². The molecule has 1 aromatic rings. The van der Waals surface area contributed by atoms with Gasteiger partial charge in [0.1, 0.15) is 11.6 Å². The van der Waals surface area contributed by atoms with Crippen molar-refractivity contribution >= 4 is 35.8 Å². The number of likely N-dealkylation sites (tertiary alicyclic amines) is 1. The Morgan fingerprint density at radius 1 is 1.45 bits per heavy atom. The summed E-state index contributed by atoms with van der Waals surface area (Å²) in [5.41, 5.74) is 6.91. The molecule has 0 saturated carbocycles. The van der Waals surface area contributed by atoms with Gasteiger partial charge in [-0.25, -0.2) is 4.39 Å². The molecule has 1 amide bonds. The van der Waals surface area contributed by atoms with Crippen molar-refractivity contribution in [3.05, 3.63) is 29.1 Å². The highest BCUT2D eigenvalue weighted by molar-refractivity contribution is 14.0. The fourth-order valence-corrected chi connectivity index (χ4v) is 3.86. The maximum absolute atomic E-state index is 13.9. The first kappa shape index (κ1) is 23.7. The maximum Gasteiger partial charge on any atom is 0.217 e. The Morgan fingerprint density at radius 2 is 2.28 bits per heavy atom. The van der Waals surface area contributed by atoms with Crippen molar-refractivity contribution in [2.45, 2.75) is 39.2 Å². The van der Waals surface area contributed by atoms with Gasteiger partial charge in [0.25, 0.3) is 0 Å². The van der Waals surface area contributed by atoms with Gasteiger partial charge in [0, 0.05) is 38.2 Å². The number of amides is 1.